The minimum Gasteiger partial charge on any atom is -0.468 e. The van der Waals surface area contributed by atoms with E-state index < -0.39 is 11.6 Å². The number of hydrogen-bond acceptors (Lipinski definition) is 2. The van der Waals surface area contributed by atoms with E-state index in [4.69, 9.17) is 9.47 Å². The summed E-state index contributed by atoms with van der Waals surface area (Å²) in [5.74, 6) is -1.03. The van der Waals surface area contributed by atoms with Crippen LogP contribution in [0, 0.1) is 11.6 Å². The average Bonchev–Trinajstić information content (AvgIpc) is 2.47. The molecule has 0 saturated carbocycles. The molecule has 0 spiro atoms. The quantitative estimate of drug-likeness (QED) is 0.604. The van der Waals surface area contributed by atoms with Crippen LogP contribution < -0.4 is 4.74 Å². The van der Waals surface area contributed by atoms with Gasteiger partial charge in [0.1, 0.15) is 5.75 Å². The molecule has 0 aromatic heterocycles. The number of rotatable bonds is 5. The van der Waals surface area contributed by atoms with Crippen molar-refractivity contribution in [1.29, 1.82) is 0 Å². The highest BCUT2D eigenvalue weighted by Gasteiger charge is 2.00. The molecule has 2 nitrogen and oxygen atoms in total. The summed E-state index contributed by atoms with van der Waals surface area (Å²) in [7, 11) is 1.55. The Morgan fingerprint density at radius 1 is 0.950 bits per heavy atom. The predicted molar refractivity (Wildman–Crippen MR) is 74.2 cm³/mol. The first kappa shape index (κ1) is 14.2. The van der Waals surface area contributed by atoms with Gasteiger partial charge in [-0.25, -0.2) is 8.78 Å². The number of halogens is 2. The molecular formula is C16H14F2O2. The Morgan fingerprint density at radius 2 is 1.70 bits per heavy atom. The highest BCUT2D eigenvalue weighted by atomic mass is 19.2. The van der Waals surface area contributed by atoms with E-state index in [1.54, 1.807) is 19.3 Å². The van der Waals surface area contributed by atoms with Gasteiger partial charge >= 0.3 is 0 Å². The average molecular weight is 276 g/mol. The SMILES string of the molecule is COCOc1cccc(/C=C/c2ccc(F)c(F)c2)c1. The van der Waals surface area contributed by atoms with E-state index in [-0.39, 0.29) is 6.79 Å². The van der Waals surface area contributed by atoms with Gasteiger partial charge < -0.3 is 9.47 Å². The van der Waals surface area contributed by atoms with Crippen molar-refractivity contribution in [3.05, 3.63) is 65.2 Å². The normalized spacial score (nSPS) is 10.9. The molecule has 20 heavy (non-hydrogen) atoms. The van der Waals surface area contributed by atoms with Crippen molar-refractivity contribution in [2.75, 3.05) is 13.9 Å². The summed E-state index contributed by atoms with van der Waals surface area (Å²) >= 11 is 0. The summed E-state index contributed by atoms with van der Waals surface area (Å²) < 4.78 is 36.0. The van der Waals surface area contributed by atoms with Gasteiger partial charge in [-0.05, 0) is 35.4 Å². The lowest BCUT2D eigenvalue weighted by molar-refractivity contribution is 0.0511. The largest absolute Gasteiger partial charge is 0.468 e. The van der Waals surface area contributed by atoms with Gasteiger partial charge in [0.05, 0.1) is 0 Å². The van der Waals surface area contributed by atoms with Crippen LogP contribution in [0.2, 0.25) is 0 Å². The van der Waals surface area contributed by atoms with E-state index in [2.05, 4.69) is 0 Å². The first-order chi connectivity index (χ1) is 9.69. The van der Waals surface area contributed by atoms with Gasteiger partial charge in [0, 0.05) is 7.11 Å². The van der Waals surface area contributed by atoms with E-state index in [1.807, 2.05) is 24.3 Å². The van der Waals surface area contributed by atoms with Gasteiger partial charge in [0.2, 0.25) is 0 Å². The zero-order valence-electron chi connectivity index (χ0n) is 11.0. The summed E-state index contributed by atoms with van der Waals surface area (Å²) in [6.45, 7) is 0.177. The van der Waals surface area contributed by atoms with E-state index in [0.29, 0.717) is 11.3 Å². The molecule has 0 saturated heterocycles. The molecule has 4 heteroatoms. The summed E-state index contributed by atoms with van der Waals surface area (Å²) in [6.07, 6.45) is 3.50. The van der Waals surface area contributed by atoms with Crippen molar-refractivity contribution >= 4 is 12.2 Å². The first-order valence-corrected chi connectivity index (χ1v) is 6.04. The number of hydrogen-bond donors (Lipinski definition) is 0. The maximum absolute atomic E-state index is 13.1. The molecular weight excluding hydrogens is 262 g/mol. The molecule has 0 radical (unpaired) electrons. The fraction of sp³-hybridized carbons (Fsp3) is 0.125. The van der Waals surface area contributed by atoms with Crippen LogP contribution in [0.4, 0.5) is 8.78 Å². The van der Waals surface area contributed by atoms with E-state index in [0.717, 1.165) is 17.7 Å². The van der Waals surface area contributed by atoms with Crippen LogP contribution in [0.5, 0.6) is 5.75 Å². The van der Waals surface area contributed by atoms with Gasteiger partial charge in [-0.15, -0.1) is 0 Å². The van der Waals surface area contributed by atoms with Crippen LogP contribution in [0.15, 0.2) is 42.5 Å². The molecule has 0 bridgehead atoms. The topological polar surface area (TPSA) is 18.5 Å². The number of benzene rings is 2. The molecule has 2 rings (SSSR count). The Kier molecular flexibility index (Phi) is 4.85. The Balaban J connectivity index is 2.12. The van der Waals surface area contributed by atoms with Crippen LogP contribution in [-0.2, 0) is 4.74 Å². The van der Waals surface area contributed by atoms with Crippen LogP contribution in [0.1, 0.15) is 11.1 Å². The highest BCUT2D eigenvalue weighted by molar-refractivity contribution is 5.70. The molecule has 0 amide bonds. The summed E-state index contributed by atoms with van der Waals surface area (Å²) in [4.78, 5) is 0. The molecule has 104 valence electrons. The second-order valence-electron chi connectivity index (χ2n) is 4.13. The molecule has 2 aromatic rings. The van der Waals surface area contributed by atoms with Gasteiger partial charge in [0.25, 0.3) is 0 Å². The molecule has 0 N–H and O–H groups in total. The van der Waals surface area contributed by atoms with Crippen molar-refractivity contribution in [1.82, 2.24) is 0 Å². The second-order valence-corrected chi connectivity index (χ2v) is 4.13. The van der Waals surface area contributed by atoms with Crippen LogP contribution in [0.25, 0.3) is 12.2 Å². The lowest BCUT2D eigenvalue weighted by Gasteiger charge is -2.04. The smallest absolute Gasteiger partial charge is 0.188 e. The maximum atomic E-state index is 13.1. The molecule has 0 unspecified atom stereocenters. The monoisotopic (exact) mass is 276 g/mol. The molecule has 2 aromatic carbocycles. The maximum Gasteiger partial charge on any atom is 0.188 e. The van der Waals surface area contributed by atoms with Crippen molar-refractivity contribution in [2.24, 2.45) is 0 Å². The standard InChI is InChI=1S/C16H14F2O2/c1-19-11-20-14-4-2-3-12(9-14)5-6-13-7-8-15(17)16(18)10-13/h2-10H,11H2,1H3/b6-5+. The Morgan fingerprint density at radius 3 is 2.40 bits per heavy atom. The fourth-order valence-electron chi connectivity index (χ4n) is 1.64. The van der Waals surface area contributed by atoms with Crippen LogP contribution >= 0.6 is 0 Å². The minimum atomic E-state index is -0.857. The third-order valence-electron chi connectivity index (χ3n) is 2.61. The minimum absolute atomic E-state index is 0.177. The number of methoxy groups -OCH3 is 1. The second kappa shape index (κ2) is 6.82. The van der Waals surface area contributed by atoms with Gasteiger partial charge in [-0.1, -0.05) is 30.4 Å². The zero-order valence-corrected chi connectivity index (χ0v) is 11.0. The van der Waals surface area contributed by atoms with E-state index >= 15 is 0 Å². The fourth-order valence-corrected chi connectivity index (χ4v) is 1.64. The number of ether oxygens (including phenoxy) is 2. The highest BCUT2D eigenvalue weighted by Crippen LogP contribution is 2.16. The third kappa shape index (κ3) is 3.90. The lowest BCUT2D eigenvalue weighted by Crippen LogP contribution is -1.98. The van der Waals surface area contributed by atoms with Crippen LogP contribution in [0.3, 0.4) is 0 Å². The summed E-state index contributed by atoms with van der Waals surface area (Å²) in [5, 5.41) is 0. The van der Waals surface area contributed by atoms with Gasteiger partial charge in [0.15, 0.2) is 18.4 Å². The van der Waals surface area contributed by atoms with Crippen molar-refractivity contribution < 1.29 is 18.3 Å². The molecule has 0 fully saturated rings. The molecule has 0 aliphatic heterocycles. The summed E-state index contributed by atoms with van der Waals surface area (Å²) in [6, 6.07) is 11.1. The molecule has 0 aliphatic carbocycles. The zero-order chi connectivity index (χ0) is 14.4. The lowest BCUT2D eigenvalue weighted by atomic mass is 10.1. The Bertz CT molecular complexity index is 609. The predicted octanol–water partition coefficient (Wildman–Crippen LogP) is 4.12. The van der Waals surface area contributed by atoms with E-state index in [1.165, 1.54) is 6.07 Å². The van der Waals surface area contributed by atoms with Gasteiger partial charge in [-0.3, -0.25) is 0 Å². The Hall–Kier alpha value is -2.20. The molecule has 0 heterocycles. The van der Waals surface area contributed by atoms with E-state index in [9.17, 15) is 8.78 Å². The first-order valence-electron chi connectivity index (χ1n) is 6.04. The van der Waals surface area contributed by atoms with Crippen molar-refractivity contribution in [3.63, 3.8) is 0 Å². The molecule has 0 atom stereocenters. The Labute approximate surface area is 116 Å². The molecule has 0 aliphatic rings. The summed E-state index contributed by atoms with van der Waals surface area (Å²) in [5.41, 5.74) is 1.48. The third-order valence-corrected chi connectivity index (χ3v) is 2.61. The van der Waals surface area contributed by atoms with Crippen molar-refractivity contribution in [2.45, 2.75) is 0 Å². The van der Waals surface area contributed by atoms with Crippen LogP contribution in [-0.4, -0.2) is 13.9 Å². The van der Waals surface area contributed by atoms with Gasteiger partial charge in [-0.2, -0.15) is 0 Å². The van der Waals surface area contributed by atoms with Crippen molar-refractivity contribution in [3.8, 4) is 5.75 Å².